The van der Waals surface area contributed by atoms with Crippen molar-refractivity contribution in [3.8, 4) is 22.4 Å². The number of aryl methyl sites for hydroxylation is 1. The number of nitrogens with zero attached hydrogens (tertiary/aromatic N) is 5. The number of morpholine rings is 1. The van der Waals surface area contributed by atoms with Crippen LogP contribution in [0.3, 0.4) is 0 Å². The summed E-state index contributed by atoms with van der Waals surface area (Å²) in [6.07, 6.45) is 0. The summed E-state index contributed by atoms with van der Waals surface area (Å²) in [5.41, 5.74) is 10.5. The Kier molecular flexibility index (Phi) is 5.86. The van der Waals surface area contributed by atoms with Crippen LogP contribution in [0.25, 0.3) is 28.0 Å². The molecule has 7 rings (SSSR count). The Balaban J connectivity index is 1.33. The number of halogens is 2. The Morgan fingerprint density at radius 3 is 2.41 bits per heavy atom. The third-order valence-corrected chi connectivity index (χ3v) is 9.14. The monoisotopic (exact) mass is 562 g/mol. The van der Waals surface area contributed by atoms with Gasteiger partial charge in [0.15, 0.2) is 5.65 Å². The summed E-state index contributed by atoms with van der Waals surface area (Å²) in [5.74, 6) is 1.07. The summed E-state index contributed by atoms with van der Waals surface area (Å²) in [4.78, 5) is 22.3. The number of ether oxygens (including phenoxy) is 1. The van der Waals surface area contributed by atoms with Crippen molar-refractivity contribution in [1.29, 1.82) is 0 Å². The van der Waals surface area contributed by atoms with Gasteiger partial charge < -0.3 is 15.4 Å². The van der Waals surface area contributed by atoms with Crippen molar-refractivity contribution < 1.29 is 9.53 Å². The van der Waals surface area contributed by atoms with E-state index in [-0.39, 0.29) is 17.7 Å². The molecule has 2 N–H and O–H groups in total. The summed E-state index contributed by atoms with van der Waals surface area (Å²) in [7, 11) is 0. The van der Waals surface area contributed by atoms with Gasteiger partial charge in [-0.2, -0.15) is 9.61 Å². The lowest BCUT2D eigenvalue weighted by atomic mass is 10.0. The van der Waals surface area contributed by atoms with Crippen LogP contribution < -0.4 is 10.6 Å². The van der Waals surface area contributed by atoms with Crippen LogP contribution in [0.4, 0.5) is 5.82 Å². The third-order valence-electron chi connectivity index (χ3n) is 8.55. The van der Waals surface area contributed by atoms with Crippen LogP contribution in [-0.4, -0.2) is 70.3 Å². The Morgan fingerprint density at radius 1 is 1.05 bits per heavy atom. The van der Waals surface area contributed by atoms with E-state index in [1.54, 1.807) is 0 Å². The molecule has 0 bridgehead atoms. The van der Waals surface area contributed by atoms with Crippen LogP contribution in [0.1, 0.15) is 5.69 Å². The van der Waals surface area contributed by atoms with Crippen LogP contribution in [0, 0.1) is 18.8 Å². The first-order valence-electron chi connectivity index (χ1n) is 13.2. The average Bonchev–Trinajstić information content (AvgIpc) is 3.20. The largest absolute Gasteiger partial charge is 0.379 e. The lowest BCUT2D eigenvalue weighted by molar-refractivity contribution is -0.128. The third kappa shape index (κ3) is 3.77. The van der Waals surface area contributed by atoms with Gasteiger partial charge in [0.25, 0.3) is 0 Å². The number of aromatic nitrogens is 3. The number of hydrogen-bond donors (Lipinski definition) is 1. The van der Waals surface area contributed by atoms with Crippen LogP contribution in [-0.2, 0) is 9.53 Å². The van der Waals surface area contributed by atoms with E-state index in [9.17, 15) is 4.79 Å². The second-order valence-electron chi connectivity index (χ2n) is 10.6. The molecule has 2 aromatic heterocycles. The van der Waals surface area contributed by atoms with Crippen molar-refractivity contribution in [3.63, 3.8) is 0 Å². The Morgan fingerprint density at radius 2 is 1.74 bits per heavy atom. The van der Waals surface area contributed by atoms with Crippen LogP contribution in [0.2, 0.25) is 10.0 Å². The van der Waals surface area contributed by atoms with Gasteiger partial charge in [-0.3, -0.25) is 9.69 Å². The van der Waals surface area contributed by atoms with E-state index in [1.165, 1.54) is 0 Å². The van der Waals surface area contributed by atoms with E-state index < -0.39 is 5.54 Å². The minimum Gasteiger partial charge on any atom is -0.379 e. The molecule has 3 aliphatic rings. The average molecular weight is 563 g/mol. The number of rotatable bonds is 5. The van der Waals surface area contributed by atoms with E-state index in [4.69, 9.17) is 43.8 Å². The molecule has 0 unspecified atom stereocenters. The van der Waals surface area contributed by atoms with E-state index in [2.05, 4.69) is 15.9 Å². The quantitative estimate of drug-likeness (QED) is 0.390. The number of carbonyl (C=O) groups excluding carboxylic acids is 1. The van der Waals surface area contributed by atoms with E-state index in [1.807, 2.05) is 60.0 Å². The molecule has 2 aromatic carbocycles. The summed E-state index contributed by atoms with van der Waals surface area (Å²) >= 11 is 12.9. The number of anilines is 1. The van der Waals surface area contributed by atoms with Crippen molar-refractivity contribution in [2.75, 3.05) is 44.3 Å². The molecular weight excluding hydrogens is 535 g/mol. The van der Waals surface area contributed by atoms with Crippen molar-refractivity contribution in [3.05, 3.63) is 70.3 Å². The molecule has 2 saturated heterocycles. The zero-order valence-electron chi connectivity index (χ0n) is 21.5. The lowest BCUT2D eigenvalue weighted by Crippen LogP contribution is -2.56. The van der Waals surface area contributed by atoms with Gasteiger partial charge in [0.1, 0.15) is 17.1 Å². The molecule has 0 spiro atoms. The normalized spacial score (nSPS) is 24.7. The highest BCUT2D eigenvalue weighted by atomic mass is 35.5. The van der Waals surface area contributed by atoms with E-state index >= 15 is 0 Å². The van der Waals surface area contributed by atoms with Gasteiger partial charge in [0.05, 0.1) is 23.8 Å². The molecule has 4 aromatic rings. The standard InChI is InChI=1S/C29H28Cl2N6O2/c1-17-14-24(35-15-21-22(16-35)29(21,28(32)38)36-10-12-39-13-11-36)37-27(33-17)25(18-6-8-19(30)9-7-18)26(34-37)20-4-2-3-5-23(20)31/h2-9,14,21-22H,10-13,15-16H2,1H3,(H2,32,38)/t21-,22+,29+. The Labute approximate surface area is 236 Å². The fourth-order valence-electron chi connectivity index (χ4n) is 6.78. The van der Waals surface area contributed by atoms with Gasteiger partial charge in [-0.05, 0) is 30.7 Å². The molecule has 1 saturated carbocycles. The smallest absolute Gasteiger partial charge is 0.238 e. The summed E-state index contributed by atoms with van der Waals surface area (Å²) in [6, 6.07) is 17.5. The first-order valence-corrected chi connectivity index (χ1v) is 13.9. The van der Waals surface area contributed by atoms with Crippen molar-refractivity contribution >= 4 is 40.6 Å². The number of primary amides is 1. The first-order chi connectivity index (χ1) is 18.9. The molecule has 2 aliphatic heterocycles. The highest BCUT2D eigenvalue weighted by Gasteiger charge is 2.74. The van der Waals surface area contributed by atoms with Crippen molar-refractivity contribution in [1.82, 2.24) is 19.5 Å². The first kappa shape index (κ1) is 24.8. The molecule has 10 heteroatoms. The predicted octanol–water partition coefficient (Wildman–Crippen LogP) is 4.30. The van der Waals surface area contributed by atoms with Gasteiger partial charge in [-0.25, -0.2) is 4.98 Å². The van der Waals surface area contributed by atoms with Crippen LogP contribution >= 0.6 is 23.2 Å². The summed E-state index contributed by atoms with van der Waals surface area (Å²) in [6.45, 7) is 6.18. The molecule has 3 atom stereocenters. The van der Waals surface area contributed by atoms with E-state index in [0.29, 0.717) is 23.3 Å². The maximum atomic E-state index is 12.8. The maximum absolute atomic E-state index is 12.8. The molecule has 1 amide bonds. The second-order valence-corrected chi connectivity index (χ2v) is 11.5. The zero-order chi connectivity index (χ0) is 26.9. The molecule has 39 heavy (non-hydrogen) atoms. The molecule has 0 radical (unpaired) electrons. The Hall–Kier alpha value is -3.17. The number of piperidine rings is 1. The maximum Gasteiger partial charge on any atom is 0.238 e. The number of hydrogen-bond acceptors (Lipinski definition) is 6. The van der Waals surface area contributed by atoms with Gasteiger partial charge >= 0.3 is 0 Å². The fraction of sp³-hybridized carbons (Fsp3) is 0.345. The lowest BCUT2D eigenvalue weighted by Gasteiger charge is -2.37. The number of carbonyl (C=O) groups is 1. The van der Waals surface area contributed by atoms with Crippen LogP contribution in [0.5, 0.6) is 0 Å². The zero-order valence-corrected chi connectivity index (χ0v) is 23.0. The SMILES string of the molecule is Cc1cc(N2C[C@@H]3[C@H](C2)[C@@]3(C(N)=O)N2CCOCC2)n2nc(-c3ccccc3Cl)c(-c3ccc(Cl)cc3)c2n1. The number of amides is 1. The molecule has 4 heterocycles. The summed E-state index contributed by atoms with van der Waals surface area (Å²) < 4.78 is 7.46. The van der Waals surface area contributed by atoms with Crippen LogP contribution in [0.15, 0.2) is 54.6 Å². The van der Waals surface area contributed by atoms with Crippen molar-refractivity contribution in [2.45, 2.75) is 12.5 Å². The molecule has 1 aliphatic carbocycles. The number of fused-ring (bicyclic) bond motifs is 2. The van der Waals surface area contributed by atoms with Gasteiger partial charge in [0.2, 0.25) is 5.91 Å². The Bertz CT molecular complexity index is 1590. The van der Waals surface area contributed by atoms with E-state index in [0.717, 1.165) is 65.7 Å². The molecule has 200 valence electrons. The molecule has 8 nitrogen and oxygen atoms in total. The van der Waals surface area contributed by atoms with Crippen molar-refractivity contribution in [2.24, 2.45) is 17.6 Å². The minimum atomic E-state index is -0.581. The predicted molar refractivity (Wildman–Crippen MR) is 152 cm³/mol. The summed E-state index contributed by atoms with van der Waals surface area (Å²) in [5, 5.41) is 6.39. The van der Waals surface area contributed by atoms with Gasteiger partial charge in [-0.1, -0.05) is 53.5 Å². The van der Waals surface area contributed by atoms with Gasteiger partial charge in [0, 0.05) is 60.4 Å². The topological polar surface area (TPSA) is 89.0 Å². The second kappa shape index (κ2) is 9.20. The fourth-order valence-corrected chi connectivity index (χ4v) is 7.13. The molecular formula is C29H28Cl2N6O2. The highest BCUT2D eigenvalue weighted by Crippen LogP contribution is 2.59. The number of nitrogens with two attached hydrogens (primary N) is 1. The highest BCUT2D eigenvalue weighted by molar-refractivity contribution is 6.33. The van der Waals surface area contributed by atoms with Gasteiger partial charge in [-0.15, -0.1) is 0 Å². The molecule has 3 fully saturated rings. The number of benzene rings is 2. The minimum absolute atomic E-state index is 0.172.